The Labute approximate surface area is 102 Å². The molecule has 0 aromatic carbocycles. The summed E-state index contributed by atoms with van der Waals surface area (Å²) in [5.74, 6) is 0. The van der Waals surface area contributed by atoms with Crippen LogP contribution in [-0.4, -0.2) is 71.6 Å². The lowest BCUT2D eigenvalue weighted by atomic mass is 9.52. The predicted molar refractivity (Wildman–Crippen MR) is 66.9 cm³/mol. The third kappa shape index (κ3) is 2.49. The first-order valence-electron chi connectivity index (χ1n) is 5.81. The average Bonchev–Trinajstić information content (AvgIpc) is 2.40. The van der Waals surface area contributed by atoms with Crippen molar-refractivity contribution in [2.75, 3.05) is 20.1 Å². The fraction of sp³-hybridized carbons (Fsp3) is 1.00. The molecule has 2 rings (SSSR count). The Hall–Kier alpha value is 0.0748. The molecule has 2 fully saturated rings. The summed E-state index contributed by atoms with van der Waals surface area (Å²) >= 11 is 0. The van der Waals surface area contributed by atoms with Gasteiger partial charge >= 0.3 is 0 Å². The molecule has 82 valence electrons. The molecular formula is C10H17B3N2O. The summed E-state index contributed by atoms with van der Waals surface area (Å²) in [7, 11) is 18.6. The maximum absolute atomic E-state index is 5.50. The Balaban J connectivity index is 2.07. The van der Waals surface area contributed by atoms with Gasteiger partial charge in [-0.1, -0.05) is 0 Å². The van der Waals surface area contributed by atoms with Gasteiger partial charge in [0.25, 0.3) is 0 Å². The molecule has 2 saturated heterocycles. The van der Waals surface area contributed by atoms with Gasteiger partial charge in [0.1, 0.15) is 0 Å². The lowest BCUT2D eigenvalue weighted by Gasteiger charge is -2.45. The van der Waals surface area contributed by atoms with E-state index < -0.39 is 5.30 Å². The van der Waals surface area contributed by atoms with Crippen LogP contribution in [0.15, 0.2) is 0 Å². The highest BCUT2D eigenvalue weighted by atomic mass is 16.5. The lowest BCUT2D eigenvalue weighted by Crippen LogP contribution is -2.65. The van der Waals surface area contributed by atoms with E-state index in [4.69, 9.17) is 28.3 Å². The van der Waals surface area contributed by atoms with Crippen LogP contribution in [0.4, 0.5) is 0 Å². The first kappa shape index (κ1) is 12.5. The lowest BCUT2D eigenvalue weighted by molar-refractivity contribution is -0.0254. The summed E-state index contributed by atoms with van der Waals surface area (Å²) in [4.78, 5) is 2.32. The van der Waals surface area contributed by atoms with Crippen molar-refractivity contribution in [3.63, 3.8) is 0 Å². The number of rotatable bonds is 3. The second kappa shape index (κ2) is 4.07. The van der Waals surface area contributed by atoms with Crippen LogP contribution in [0.2, 0.25) is 0 Å². The number of likely N-dealkylation sites (tertiary alicyclic amines) is 1. The van der Waals surface area contributed by atoms with E-state index in [-0.39, 0.29) is 11.6 Å². The Kier molecular flexibility index (Phi) is 3.19. The Morgan fingerprint density at radius 3 is 2.81 bits per heavy atom. The normalized spacial score (nSPS) is 37.5. The van der Waals surface area contributed by atoms with Crippen LogP contribution in [0, 0.1) is 0 Å². The maximum Gasteiger partial charge on any atom is 0.0862 e. The number of nitrogens with zero attached hydrogens (tertiary/aromatic N) is 1. The zero-order valence-electron chi connectivity index (χ0n) is 10.1. The van der Waals surface area contributed by atoms with E-state index in [0.717, 1.165) is 19.5 Å². The van der Waals surface area contributed by atoms with Crippen molar-refractivity contribution in [3.8, 4) is 0 Å². The second-order valence-corrected chi connectivity index (χ2v) is 5.35. The van der Waals surface area contributed by atoms with Crippen LogP contribution >= 0.6 is 0 Å². The number of nitrogens with one attached hydrogen (secondary N) is 1. The molecular weight excluding hydrogens is 197 g/mol. The van der Waals surface area contributed by atoms with Crippen molar-refractivity contribution in [1.29, 1.82) is 0 Å². The van der Waals surface area contributed by atoms with Crippen molar-refractivity contribution < 1.29 is 4.74 Å². The molecule has 3 atom stereocenters. The predicted octanol–water partition coefficient (Wildman–Crippen LogP) is -1.06. The first-order valence-corrected chi connectivity index (χ1v) is 5.81. The summed E-state index contributed by atoms with van der Waals surface area (Å²) < 4.78 is 5.49. The van der Waals surface area contributed by atoms with Crippen LogP contribution in [0.25, 0.3) is 0 Å². The van der Waals surface area contributed by atoms with Crippen LogP contribution in [-0.2, 0) is 4.74 Å². The molecule has 0 saturated carbocycles. The molecule has 2 aliphatic rings. The number of likely N-dealkylation sites (N-methyl/N-ethyl adjacent to an activating group) is 1. The molecule has 6 heteroatoms. The number of fused-ring (bicyclic) bond motifs is 2. The second-order valence-electron chi connectivity index (χ2n) is 5.35. The molecule has 0 aromatic rings. The zero-order valence-corrected chi connectivity index (χ0v) is 10.1. The van der Waals surface area contributed by atoms with Crippen molar-refractivity contribution in [3.05, 3.63) is 0 Å². The fourth-order valence-electron chi connectivity index (χ4n) is 3.03. The molecule has 3 nitrogen and oxygen atoms in total. The SMILES string of the molecule is [B]C([B])([B])OC(C)[C@]12CC[C@H](CN(C)C1)N2. The molecule has 2 aliphatic heterocycles. The van der Waals surface area contributed by atoms with E-state index >= 15 is 0 Å². The molecule has 0 aliphatic carbocycles. The monoisotopic (exact) mass is 214 g/mol. The Morgan fingerprint density at radius 2 is 2.19 bits per heavy atom. The van der Waals surface area contributed by atoms with E-state index in [1.165, 1.54) is 6.42 Å². The molecule has 1 N–H and O–H groups in total. The van der Waals surface area contributed by atoms with Crippen LogP contribution in [0.1, 0.15) is 19.8 Å². The number of hydrogen-bond donors (Lipinski definition) is 1. The van der Waals surface area contributed by atoms with E-state index in [0.29, 0.717) is 6.04 Å². The van der Waals surface area contributed by atoms with Crippen LogP contribution in [0.3, 0.4) is 0 Å². The highest BCUT2D eigenvalue weighted by Crippen LogP contribution is 2.33. The van der Waals surface area contributed by atoms with Gasteiger partial charge in [-0.2, -0.15) is 0 Å². The summed E-state index contributed by atoms with van der Waals surface area (Å²) in [6, 6.07) is 0.549. The largest absolute Gasteiger partial charge is 0.398 e. The summed E-state index contributed by atoms with van der Waals surface area (Å²) in [6.45, 7) is 4.02. The van der Waals surface area contributed by atoms with E-state index in [1.54, 1.807) is 0 Å². The number of ether oxygens (including phenoxy) is 1. The van der Waals surface area contributed by atoms with E-state index in [1.807, 2.05) is 6.92 Å². The van der Waals surface area contributed by atoms with Gasteiger partial charge in [-0.25, -0.2) is 0 Å². The average molecular weight is 214 g/mol. The molecule has 1 unspecified atom stereocenters. The molecule has 0 amide bonds. The van der Waals surface area contributed by atoms with Gasteiger partial charge in [0.2, 0.25) is 0 Å². The Morgan fingerprint density at radius 1 is 1.50 bits per heavy atom. The topological polar surface area (TPSA) is 24.5 Å². The standard InChI is InChI=1S/C10H17B3N2O/c1-7(16-10(11,12)13)9-4-3-8(14-9)5-15(2)6-9/h7-8,14H,3-6H2,1-2H3/t7?,8-,9+/m1/s1. The van der Waals surface area contributed by atoms with Crippen LogP contribution in [0.5, 0.6) is 0 Å². The van der Waals surface area contributed by atoms with Gasteiger partial charge in [-0.15, -0.1) is 0 Å². The Bertz CT molecular complexity index is 271. The molecule has 0 spiro atoms. The summed E-state index contributed by atoms with van der Waals surface area (Å²) in [5.41, 5.74) is -0.0545. The van der Waals surface area contributed by atoms with Crippen molar-refractivity contribution in [2.24, 2.45) is 0 Å². The molecule has 0 aromatic heterocycles. The van der Waals surface area contributed by atoms with Gasteiger partial charge in [0, 0.05) is 19.1 Å². The van der Waals surface area contributed by atoms with Gasteiger partial charge in [-0.3, -0.25) is 0 Å². The summed E-state index contributed by atoms with van der Waals surface area (Å²) in [5, 5.41) is 2.07. The van der Waals surface area contributed by atoms with Crippen LogP contribution < -0.4 is 5.32 Å². The van der Waals surface area contributed by atoms with E-state index in [2.05, 4.69) is 17.3 Å². The minimum atomic E-state index is -1.55. The third-order valence-corrected chi connectivity index (χ3v) is 3.67. The van der Waals surface area contributed by atoms with Gasteiger partial charge in [0.15, 0.2) is 0 Å². The van der Waals surface area contributed by atoms with Gasteiger partial charge in [0.05, 0.1) is 35.2 Å². The quantitative estimate of drug-likeness (QED) is 0.606. The molecule has 2 bridgehead atoms. The highest BCUT2D eigenvalue weighted by molar-refractivity contribution is 6.58. The minimum Gasteiger partial charge on any atom is -0.398 e. The molecule has 2 heterocycles. The van der Waals surface area contributed by atoms with Gasteiger partial charge < -0.3 is 15.0 Å². The summed E-state index contributed by atoms with van der Waals surface area (Å²) in [6.07, 6.45) is 2.16. The van der Waals surface area contributed by atoms with E-state index in [9.17, 15) is 0 Å². The van der Waals surface area contributed by atoms with Crippen molar-refractivity contribution in [1.82, 2.24) is 10.2 Å². The molecule has 16 heavy (non-hydrogen) atoms. The minimum absolute atomic E-state index is 0.0545. The zero-order chi connectivity index (χ0) is 12.0. The fourth-order valence-corrected chi connectivity index (χ4v) is 3.03. The highest BCUT2D eigenvalue weighted by Gasteiger charge is 2.48. The smallest absolute Gasteiger partial charge is 0.0862 e. The van der Waals surface area contributed by atoms with Crippen molar-refractivity contribution >= 4 is 23.5 Å². The van der Waals surface area contributed by atoms with Crippen molar-refractivity contribution in [2.45, 2.75) is 42.7 Å². The molecule has 6 radical (unpaired) electrons. The number of piperazine rings is 1. The first-order chi connectivity index (χ1) is 7.31. The third-order valence-electron chi connectivity index (χ3n) is 3.67. The maximum atomic E-state index is 5.50. The van der Waals surface area contributed by atoms with Gasteiger partial charge in [-0.05, 0) is 32.1 Å². The number of hydrogen-bond acceptors (Lipinski definition) is 3.